The first kappa shape index (κ1) is 18.0. The maximum atomic E-state index is 12.6. The second kappa shape index (κ2) is 8.04. The molecule has 1 fully saturated rings. The second-order valence-electron chi connectivity index (χ2n) is 6.67. The van der Waals surface area contributed by atoms with Crippen LogP contribution in [0.1, 0.15) is 17.5 Å². The summed E-state index contributed by atoms with van der Waals surface area (Å²) in [6.07, 6.45) is 1.06. The van der Waals surface area contributed by atoms with Gasteiger partial charge in [-0.3, -0.25) is 9.59 Å². The number of hydrogen-bond acceptors (Lipinski definition) is 3. The maximum absolute atomic E-state index is 12.6. The molecule has 1 heterocycles. The van der Waals surface area contributed by atoms with Crippen LogP contribution >= 0.6 is 0 Å². The molecule has 2 aromatic rings. The Morgan fingerprint density at radius 2 is 2.00 bits per heavy atom. The van der Waals surface area contributed by atoms with Crippen LogP contribution in [0, 0.1) is 12.8 Å². The van der Waals surface area contributed by atoms with Gasteiger partial charge in [-0.15, -0.1) is 0 Å². The van der Waals surface area contributed by atoms with Gasteiger partial charge in [0.05, 0.1) is 18.7 Å². The Labute approximate surface area is 154 Å². The molecule has 0 unspecified atom stereocenters. The van der Waals surface area contributed by atoms with Crippen molar-refractivity contribution in [1.82, 2.24) is 4.90 Å². The van der Waals surface area contributed by atoms with Crippen LogP contribution in [0.15, 0.2) is 48.5 Å². The van der Waals surface area contributed by atoms with Gasteiger partial charge in [0, 0.05) is 19.5 Å². The van der Waals surface area contributed by atoms with Gasteiger partial charge in [0.15, 0.2) is 0 Å². The fourth-order valence-corrected chi connectivity index (χ4v) is 3.23. The molecular weight excluding hydrogens is 328 g/mol. The third-order valence-corrected chi connectivity index (χ3v) is 4.71. The Hall–Kier alpha value is -2.82. The van der Waals surface area contributed by atoms with Crippen LogP contribution in [0.4, 0.5) is 5.69 Å². The van der Waals surface area contributed by atoms with Gasteiger partial charge in [-0.25, -0.2) is 0 Å². The van der Waals surface area contributed by atoms with Crippen LogP contribution < -0.4 is 10.1 Å². The number of benzene rings is 2. The van der Waals surface area contributed by atoms with Crippen molar-refractivity contribution in [2.75, 3.05) is 25.5 Å². The smallest absolute Gasteiger partial charge is 0.229 e. The van der Waals surface area contributed by atoms with Gasteiger partial charge in [0.25, 0.3) is 0 Å². The van der Waals surface area contributed by atoms with E-state index in [0.29, 0.717) is 24.5 Å². The van der Waals surface area contributed by atoms with E-state index in [1.165, 1.54) is 5.56 Å². The minimum absolute atomic E-state index is 0.0392. The van der Waals surface area contributed by atoms with Crippen molar-refractivity contribution in [3.05, 3.63) is 59.7 Å². The molecule has 1 atom stereocenters. The third kappa shape index (κ3) is 4.23. The molecule has 1 saturated heterocycles. The van der Waals surface area contributed by atoms with Gasteiger partial charge in [-0.05, 0) is 36.6 Å². The molecule has 3 rings (SSSR count). The number of anilines is 1. The fraction of sp³-hybridized carbons (Fsp3) is 0.333. The van der Waals surface area contributed by atoms with E-state index in [4.69, 9.17) is 4.74 Å². The number of carbonyl (C=O) groups is 2. The minimum Gasteiger partial charge on any atom is -0.495 e. The molecule has 2 aromatic carbocycles. The standard InChI is InChI=1S/C21H24N2O3/c1-15-8-9-19(26-2)18(12-15)22-21(25)17-13-20(24)23(14-17)11-10-16-6-4-3-5-7-16/h3-9,12,17H,10-11,13-14H2,1-2H3,(H,22,25)/t17-/m0/s1. The molecule has 0 bridgehead atoms. The Balaban J connectivity index is 1.59. The lowest BCUT2D eigenvalue weighted by atomic mass is 10.1. The zero-order valence-corrected chi connectivity index (χ0v) is 15.2. The molecule has 1 aliphatic rings. The van der Waals surface area contributed by atoms with Gasteiger partial charge >= 0.3 is 0 Å². The van der Waals surface area contributed by atoms with E-state index in [0.717, 1.165) is 12.0 Å². The first-order valence-corrected chi connectivity index (χ1v) is 8.84. The number of hydrogen-bond donors (Lipinski definition) is 1. The van der Waals surface area contributed by atoms with Crippen molar-refractivity contribution in [3.8, 4) is 5.75 Å². The number of ether oxygens (including phenoxy) is 1. The highest BCUT2D eigenvalue weighted by atomic mass is 16.5. The summed E-state index contributed by atoms with van der Waals surface area (Å²) in [7, 11) is 1.57. The van der Waals surface area contributed by atoms with Crippen molar-refractivity contribution in [1.29, 1.82) is 0 Å². The van der Waals surface area contributed by atoms with E-state index in [2.05, 4.69) is 17.4 Å². The van der Waals surface area contributed by atoms with Crippen LogP contribution in [-0.2, 0) is 16.0 Å². The molecule has 0 radical (unpaired) electrons. The van der Waals surface area contributed by atoms with Gasteiger partial charge in [0.2, 0.25) is 11.8 Å². The molecule has 1 aliphatic heterocycles. The second-order valence-corrected chi connectivity index (χ2v) is 6.67. The molecule has 5 nitrogen and oxygen atoms in total. The lowest BCUT2D eigenvalue weighted by Crippen LogP contribution is -2.30. The lowest BCUT2D eigenvalue weighted by Gasteiger charge is -2.17. The Morgan fingerprint density at radius 1 is 1.23 bits per heavy atom. The predicted octanol–water partition coefficient (Wildman–Crippen LogP) is 3.03. The third-order valence-electron chi connectivity index (χ3n) is 4.71. The Bertz CT molecular complexity index is 789. The molecule has 0 aromatic heterocycles. The summed E-state index contributed by atoms with van der Waals surface area (Å²) in [4.78, 5) is 26.7. The summed E-state index contributed by atoms with van der Waals surface area (Å²) < 4.78 is 5.30. The highest BCUT2D eigenvalue weighted by Crippen LogP contribution is 2.27. The number of methoxy groups -OCH3 is 1. The van der Waals surface area contributed by atoms with Crippen LogP contribution in [0.3, 0.4) is 0 Å². The monoisotopic (exact) mass is 352 g/mol. The molecule has 5 heteroatoms. The lowest BCUT2D eigenvalue weighted by molar-refractivity contribution is -0.128. The van der Waals surface area contributed by atoms with Gasteiger partial charge in [-0.1, -0.05) is 36.4 Å². The van der Waals surface area contributed by atoms with Crippen molar-refractivity contribution in [2.45, 2.75) is 19.8 Å². The maximum Gasteiger partial charge on any atom is 0.229 e. The molecule has 0 saturated carbocycles. The van der Waals surface area contributed by atoms with Crippen molar-refractivity contribution in [3.63, 3.8) is 0 Å². The van der Waals surface area contributed by atoms with Crippen LogP contribution in [0.5, 0.6) is 5.75 Å². The van der Waals surface area contributed by atoms with E-state index in [1.54, 1.807) is 12.0 Å². The number of aryl methyl sites for hydroxylation is 1. The summed E-state index contributed by atoms with van der Waals surface area (Å²) in [5.41, 5.74) is 2.87. The summed E-state index contributed by atoms with van der Waals surface area (Å²) in [6.45, 7) is 3.06. The van der Waals surface area contributed by atoms with E-state index < -0.39 is 0 Å². The van der Waals surface area contributed by atoms with E-state index >= 15 is 0 Å². The molecule has 0 spiro atoms. The van der Waals surface area contributed by atoms with E-state index in [-0.39, 0.29) is 24.2 Å². The van der Waals surface area contributed by atoms with Crippen molar-refractivity contribution < 1.29 is 14.3 Å². The number of nitrogens with one attached hydrogen (secondary N) is 1. The molecule has 1 N–H and O–H groups in total. The van der Waals surface area contributed by atoms with E-state index in [9.17, 15) is 9.59 Å². The summed E-state index contributed by atoms with van der Waals surface area (Å²) in [5.74, 6) is 0.194. The van der Waals surface area contributed by atoms with E-state index in [1.807, 2.05) is 43.3 Å². The van der Waals surface area contributed by atoms with Crippen molar-refractivity contribution in [2.24, 2.45) is 5.92 Å². The summed E-state index contributed by atoms with van der Waals surface area (Å²) >= 11 is 0. The molecule has 0 aliphatic carbocycles. The summed E-state index contributed by atoms with van der Waals surface area (Å²) in [6, 6.07) is 15.7. The first-order chi connectivity index (χ1) is 12.6. The number of rotatable bonds is 6. The predicted molar refractivity (Wildman–Crippen MR) is 101 cm³/mol. The number of likely N-dealkylation sites (tertiary alicyclic amines) is 1. The van der Waals surface area contributed by atoms with Gasteiger partial charge < -0.3 is 15.0 Å². The van der Waals surface area contributed by atoms with Crippen molar-refractivity contribution >= 4 is 17.5 Å². The largest absolute Gasteiger partial charge is 0.495 e. The zero-order chi connectivity index (χ0) is 18.5. The zero-order valence-electron chi connectivity index (χ0n) is 15.2. The normalized spacial score (nSPS) is 16.6. The molecule has 26 heavy (non-hydrogen) atoms. The van der Waals surface area contributed by atoms with Gasteiger partial charge in [0.1, 0.15) is 5.75 Å². The fourth-order valence-electron chi connectivity index (χ4n) is 3.23. The Morgan fingerprint density at radius 3 is 2.73 bits per heavy atom. The van der Waals surface area contributed by atoms with Gasteiger partial charge in [-0.2, -0.15) is 0 Å². The molecule has 2 amide bonds. The first-order valence-electron chi connectivity index (χ1n) is 8.84. The average Bonchev–Trinajstić information content (AvgIpc) is 3.02. The average molecular weight is 352 g/mol. The minimum atomic E-state index is -0.330. The highest BCUT2D eigenvalue weighted by Gasteiger charge is 2.34. The topological polar surface area (TPSA) is 58.6 Å². The quantitative estimate of drug-likeness (QED) is 0.869. The number of carbonyl (C=O) groups excluding carboxylic acids is 2. The van der Waals surface area contributed by atoms with Crippen LogP contribution in [0.25, 0.3) is 0 Å². The summed E-state index contributed by atoms with van der Waals surface area (Å²) in [5, 5.41) is 2.92. The SMILES string of the molecule is COc1ccc(C)cc1NC(=O)[C@H]1CC(=O)N(CCc2ccccc2)C1. The number of amides is 2. The molecule has 136 valence electrons. The van der Waals surface area contributed by atoms with Crippen LogP contribution in [0.2, 0.25) is 0 Å². The Kier molecular flexibility index (Phi) is 5.56. The molecular formula is C21H24N2O3. The van der Waals surface area contributed by atoms with Crippen LogP contribution in [-0.4, -0.2) is 36.9 Å². The number of nitrogens with zero attached hydrogens (tertiary/aromatic N) is 1. The highest BCUT2D eigenvalue weighted by molar-refractivity contribution is 5.98.